The minimum absolute atomic E-state index is 0.285. The molecule has 0 unspecified atom stereocenters. The molecule has 11 nitrogen and oxygen atoms in total. The van der Waals surface area contributed by atoms with Gasteiger partial charge in [0.25, 0.3) is 0 Å². The number of benzene rings is 1. The standard InChI is InChI=1S/C24H29N9O2S/c1-17-15-32(13-11-25-17)20-6-4-19(5-7-20)29-24-28-14-18-8-12-33(22(18)30-24)16-21-23(27-10-9-26-21)31(2)36(3,34)35/h4-10,12,14,17,25H,11,13,15-16H2,1-3H3,(H,28,29,30)/t17-/m1/s1. The molecule has 1 aliphatic rings. The quantitative estimate of drug-likeness (QED) is 0.388. The summed E-state index contributed by atoms with van der Waals surface area (Å²) < 4.78 is 27.2. The van der Waals surface area contributed by atoms with Crippen LogP contribution in [0.15, 0.2) is 55.1 Å². The summed E-state index contributed by atoms with van der Waals surface area (Å²) in [5.41, 5.74) is 3.31. The maximum absolute atomic E-state index is 12.1. The number of fused-ring (bicyclic) bond motifs is 1. The van der Waals surface area contributed by atoms with Crippen LogP contribution in [-0.4, -0.2) is 71.9 Å². The summed E-state index contributed by atoms with van der Waals surface area (Å²) in [4.78, 5) is 20.2. The number of nitrogens with zero attached hydrogens (tertiary/aromatic N) is 7. The maximum Gasteiger partial charge on any atom is 0.233 e. The summed E-state index contributed by atoms with van der Waals surface area (Å²) in [6, 6.07) is 10.7. The molecule has 0 radical (unpaired) electrons. The van der Waals surface area contributed by atoms with Crippen molar-refractivity contribution < 1.29 is 8.42 Å². The van der Waals surface area contributed by atoms with E-state index in [9.17, 15) is 8.42 Å². The normalized spacial score (nSPS) is 16.3. The van der Waals surface area contributed by atoms with Crippen LogP contribution in [0.25, 0.3) is 11.0 Å². The number of rotatable bonds is 7. The molecule has 4 aromatic rings. The van der Waals surface area contributed by atoms with E-state index < -0.39 is 10.0 Å². The molecule has 1 saturated heterocycles. The maximum atomic E-state index is 12.1. The van der Waals surface area contributed by atoms with Crippen LogP contribution in [0.3, 0.4) is 0 Å². The molecular weight excluding hydrogens is 478 g/mol. The minimum Gasteiger partial charge on any atom is -0.369 e. The highest BCUT2D eigenvalue weighted by molar-refractivity contribution is 7.92. The molecule has 36 heavy (non-hydrogen) atoms. The highest BCUT2D eigenvalue weighted by Crippen LogP contribution is 2.23. The molecule has 1 aliphatic heterocycles. The smallest absolute Gasteiger partial charge is 0.233 e. The summed E-state index contributed by atoms with van der Waals surface area (Å²) in [5.74, 6) is 0.756. The third-order valence-electron chi connectivity index (χ3n) is 6.23. The Balaban J connectivity index is 1.36. The monoisotopic (exact) mass is 507 g/mol. The SMILES string of the molecule is C[C@@H]1CN(c2ccc(Nc3ncc4ccn(Cc5nccnc5N(C)S(C)(=O)=O)c4n3)cc2)CCN1. The van der Waals surface area contributed by atoms with Gasteiger partial charge in [-0.15, -0.1) is 0 Å². The Morgan fingerprint density at radius 1 is 1.14 bits per heavy atom. The van der Waals surface area contributed by atoms with Crippen LogP contribution in [0.2, 0.25) is 0 Å². The third-order valence-corrected chi connectivity index (χ3v) is 7.40. The largest absolute Gasteiger partial charge is 0.369 e. The first kappa shape index (κ1) is 23.9. The van der Waals surface area contributed by atoms with Crippen LogP contribution >= 0.6 is 0 Å². The van der Waals surface area contributed by atoms with Gasteiger partial charge in [-0.3, -0.25) is 9.29 Å². The van der Waals surface area contributed by atoms with Gasteiger partial charge >= 0.3 is 0 Å². The zero-order valence-electron chi connectivity index (χ0n) is 20.5. The molecule has 2 N–H and O–H groups in total. The molecule has 188 valence electrons. The van der Waals surface area contributed by atoms with E-state index in [0.29, 0.717) is 29.9 Å². The van der Waals surface area contributed by atoms with Crippen LogP contribution in [-0.2, 0) is 16.6 Å². The molecule has 1 fully saturated rings. The van der Waals surface area contributed by atoms with E-state index in [-0.39, 0.29) is 5.82 Å². The molecule has 3 aromatic heterocycles. The predicted octanol–water partition coefficient (Wildman–Crippen LogP) is 2.21. The molecular formula is C24H29N9O2S. The molecule has 0 saturated carbocycles. The Morgan fingerprint density at radius 3 is 2.67 bits per heavy atom. The van der Waals surface area contributed by atoms with Crippen molar-refractivity contribution in [3.63, 3.8) is 0 Å². The number of nitrogens with one attached hydrogen (secondary N) is 2. The van der Waals surface area contributed by atoms with Gasteiger partial charge in [-0.05, 0) is 37.3 Å². The van der Waals surface area contributed by atoms with Crippen LogP contribution < -0.4 is 19.8 Å². The zero-order valence-corrected chi connectivity index (χ0v) is 21.3. The number of piperazine rings is 1. The molecule has 0 amide bonds. The van der Waals surface area contributed by atoms with E-state index in [1.165, 1.54) is 18.9 Å². The van der Waals surface area contributed by atoms with Gasteiger partial charge in [0.1, 0.15) is 11.3 Å². The highest BCUT2D eigenvalue weighted by atomic mass is 32.2. The molecule has 0 aliphatic carbocycles. The number of anilines is 4. The van der Waals surface area contributed by atoms with E-state index in [4.69, 9.17) is 4.98 Å². The van der Waals surface area contributed by atoms with Gasteiger partial charge in [0.2, 0.25) is 16.0 Å². The predicted molar refractivity (Wildman–Crippen MR) is 141 cm³/mol. The van der Waals surface area contributed by atoms with Crippen LogP contribution in [0, 0.1) is 0 Å². The zero-order chi connectivity index (χ0) is 25.3. The van der Waals surface area contributed by atoms with E-state index >= 15 is 0 Å². The fourth-order valence-electron chi connectivity index (χ4n) is 4.26. The van der Waals surface area contributed by atoms with Crippen molar-refractivity contribution in [2.45, 2.75) is 19.5 Å². The van der Waals surface area contributed by atoms with Crippen molar-refractivity contribution in [1.82, 2.24) is 29.8 Å². The lowest BCUT2D eigenvalue weighted by Gasteiger charge is -2.33. The average Bonchev–Trinajstić information content (AvgIpc) is 3.26. The average molecular weight is 508 g/mol. The summed E-state index contributed by atoms with van der Waals surface area (Å²) in [5, 5.41) is 7.61. The van der Waals surface area contributed by atoms with Gasteiger partial charge in [0.15, 0.2) is 5.82 Å². The summed E-state index contributed by atoms with van der Waals surface area (Å²) >= 11 is 0. The fourth-order valence-corrected chi connectivity index (χ4v) is 4.73. The van der Waals surface area contributed by atoms with Crippen molar-refractivity contribution in [3.05, 3.63) is 60.8 Å². The van der Waals surface area contributed by atoms with Gasteiger partial charge < -0.3 is 20.1 Å². The lowest BCUT2D eigenvalue weighted by Crippen LogP contribution is -2.49. The Labute approximate surface area is 210 Å². The van der Waals surface area contributed by atoms with Crippen molar-refractivity contribution in [2.75, 3.05) is 47.5 Å². The van der Waals surface area contributed by atoms with Gasteiger partial charge in [0.05, 0.1) is 12.8 Å². The number of sulfonamides is 1. The number of hydrogen-bond donors (Lipinski definition) is 2. The molecule has 5 rings (SSSR count). The number of aromatic nitrogens is 5. The minimum atomic E-state index is -3.47. The van der Waals surface area contributed by atoms with E-state index in [0.717, 1.165) is 41.3 Å². The molecule has 0 spiro atoms. The lowest BCUT2D eigenvalue weighted by atomic mass is 10.2. The molecule has 1 atom stereocenters. The first-order valence-electron chi connectivity index (χ1n) is 11.7. The van der Waals surface area contributed by atoms with Gasteiger partial charge in [-0.25, -0.2) is 18.4 Å². The van der Waals surface area contributed by atoms with Crippen molar-refractivity contribution in [2.24, 2.45) is 0 Å². The van der Waals surface area contributed by atoms with Crippen LogP contribution in [0.1, 0.15) is 12.6 Å². The lowest BCUT2D eigenvalue weighted by molar-refractivity contribution is 0.485. The summed E-state index contributed by atoms with van der Waals surface area (Å²) in [7, 11) is -2.01. The molecule has 12 heteroatoms. The Hall–Kier alpha value is -3.77. The topological polar surface area (TPSA) is 121 Å². The molecule has 0 bridgehead atoms. The van der Waals surface area contributed by atoms with E-state index in [1.807, 2.05) is 29.0 Å². The third kappa shape index (κ3) is 5.09. The number of hydrogen-bond acceptors (Lipinski definition) is 9. The molecule has 1 aromatic carbocycles. The van der Waals surface area contributed by atoms with Gasteiger partial charge in [-0.2, -0.15) is 4.98 Å². The highest BCUT2D eigenvalue weighted by Gasteiger charge is 2.19. The van der Waals surface area contributed by atoms with Gasteiger partial charge in [0, 0.05) is 74.3 Å². The summed E-state index contributed by atoms with van der Waals surface area (Å²) in [6.45, 7) is 5.45. The Morgan fingerprint density at radius 2 is 1.92 bits per heavy atom. The van der Waals surface area contributed by atoms with Crippen LogP contribution in [0.4, 0.5) is 23.1 Å². The van der Waals surface area contributed by atoms with Crippen molar-refractivity contribution in [1.29, 1.82) is 0 Å². The second-order valence-electron chi connectivity index (χ2n) is 8.95. The van der Waals surface area contributed by atoms with Crippen LogP contribution in [0.5, 0.6) is 0 Å². The molecule has 4 heterocycles. The van der Waals surface area contributed by atoms with Gasteiger partial charge in [-0.1, -0.05) is 0 Å². The van der Waals surface area contributed by atoms with E-state index in [2.05, 4.69) is 49.5 Å². The van der Waals surface area contributed by atoms with Crippen molar-refractivity contribution >= 4 is 44.2 Å². The first-order chi connectivity index (χ1) is 17.3. The van der Waals surface area contributed by atoms with Crippen molar-refractivity contribution in [3.8, 4) is 0 Å². The second-order valence-corrected chi connectivity index (χ2v) is 11.0. The van der Waals surface area contributed by atoms with E-state index in [1.54, 1.807) is 12.4 Å². The Bertz CT molecular complexity index is 1470. The summed E-state index contributed by atoms with van der Waals surface area (Å²) in [6.07, 6.45) is 7.81. The first-order valence-corrected chi connectivity index (χ1v) is 13.5. The second kappa shape index (κ2) is 9.70. The fraction of sp³-hybridized carbons (Fsp3) is 0.333. The Kier molecular flexibility index (Phi) is 6.46.